The third-order valence-electron chi connectivity index (χ3n) is 4.15. The van der Waals surface area contributed by atoms with Gasteiger partial charge in [-0.05, 0) is 24.6 Å². The molecule has 0 aromatic carbocycles. The molecule has 3 heterocycles. The van der Waals surface area contributed by atoms with Gasteiger partial charge in [-0.3, -0.25) is 9.59 Å². The van der Waals surface area contributed by atoms with Crippen LogP contribution in [0.3, 0.4) is 0 Å². The van der Waals surface area contributed by atoms with E-state index >= 15 is 0 Å². The SMILES string of the molecule is Cn1cc(C(=O)N2CCCN(c3ncccc3F)CC2)ccc1=O. The molecule has 0 spiro atoms. The number of hydrogen-bond acceptors (Lipinski definition) is 4. The van der Waals surface area contributed by atoms with Crippen molar-refractivity contribution in [2.24, 2.45) is 7.05 Å². The highest BCUT2D eigenvalue weighted by molar-refractivity contribution is 5.94. The lowest BCUT2D eigenvalue weighted by atomic mass is 10.2. The third kappa shape index (κ3) is 3.29. The summed E-state index contributed by atoms with van der Waals surface area (Å²) in [7, 11) is 1.62. The molecule has 126 valence electrons. The van der Waals surface area contributed by atoms with Gasteiger partial charge in [0.2, 0.25) is 5.56 Å². The van der Waals surface area contributed by atoms with E-state index in [1.807, 2.05) is 4.90 Å². The Hall–Kier alpha value is -2.70. The van der Waals surface area contributed by atoms with E-state index in [9.17, 15) is 14.0 Å². The maximum atomic E-state index is 13.9. The molecule has 24 heavy (non-hydrogen) atoms. The fourth-order valence-electron chi connectivity index (χ4n) is 2.85. The molecule has 2 aromatic heterocycles. The number of pyridine rings is 2. The van der Waals surface area contributed by atoms with Crippen LogP contribution in [0.5, 0.6) is 0 Å². The summed E-state index contributed by atoms with van der Waals surface area (Å²) in [6, 6.07) is 5.89. The number of aryl methyl sites for hydroxylation is 1. The Morgan fingerprint density at radius 1 is 1.17 bits per heavy atom. The molecular formula is C17H19FN4O2. The van der Waals surface area contributed by atoms with Gasteiger partial charge in [-0.2, -0.15) is 0 Å². The van der Waals surface area contributed by atoms with E-state index in [2.05, 4.69) is 4.98 Å². The predicted octanol–water partition coefficient (Wildman–Crippen LogP) is 1.27. The Bertz CT molecular complexity index is 805. The molecule has 7 heteroatoms. The molecule has 0 saturated carbocycles. The van der Waals surface area contributed by atoms with Gasteiger partial charge in [0.25, 0.3) is 5.91 Å². The van der Waals surface area contributed by atoms with Gasteiger partial charge in [-0.25, -0.2) is 9.37 Å². The molecule has 0 unspecified atom stereocenters. The van der Waals surface area contributed by atoms with E-state index in [1.54, 1.807) is 36.5 Å². The van der Waals surface area contributed by atoms with Crippen LogP contribution >= 0.6 is 0 Å². The number of halogens is 1. The first kappa shape index (κ1) is 16.2. The van der Waals surface area contributed by atoms with Crippen molar-refractivity contribution in [1.82, 2.24) is 14.5 Å². The fourth-order valence-corrected chi connectivity index (χ4v) is 2.85. The molecule has 1 saturated heterocycles. The Balaban J connectivity index is 1.73. The summed E-state index contributed by atoms with van der Waals surface area (Å²) in [5.74, 6) is -0.141. The molecule has 1 amide bonds. The fraction of sp³-hybridized carbons (Fsp3) is 0.353. The molecule has 3 rings (SSSR count). The van der Waals surface area contributed by atoms with E-state index in [0.717, 1.165) is 6.42 Å². The third-order valence-corrected chi connectivity index (χ3v) is 4.15. The lowest BCUT2D eigenvalue weighted by Crippen LogP contribution is -2.36. The van der Waals surface area contributed by atoms with E-state index in [4.69, 9.17) is 0 Å². The summed E-state index contributed by atoms with van der Waals surface area (Å²) in [5, 5.41) is 0. The molecule has 1 aliphatic rings. The van der Waals surface area contributed by atoms with Crippen LogP contribution in [-0.2, 0) is 7.05 Å². The number of carbonyl (C=O) groups excluding carboxylic acids is 1. The molecule has 0 radical (unpaired) electrons. The number of hydrogen-bond donors (Lipinski definition) is 0. The quantitative estimate of drug-likeness (QED) is 0.832. The highest BCUT2D eigenvalue weighted by Gasteiger charge is 2.22. The highest BCUT2D eigenvalue weighted by Crippen LogP contribution is 2.18. The highest BCUT2D eigenvalue weighted by atomic mass is 19.1. The smallest absolute Gasteiger partial charge is 0.255 e. The lowest BCUT2D eigenvalue weighted by Gasteiger charge is -2.23. The Morgan fingerprint density at radius 2 is 2.00 bits per heavy atom. The van der Waals surface area contributed by atoms with Crippen LogP contribution in [0.4, 0.5) is 10.2 Å². The minimum atomic E-state index is -0.352. The van der Waals surface area contributed by atoms with Gasteiger partial charge in [0.15, 0.2) is 11.6 Å². The first-order valence-corrected chi connectivity index (χ1v) is 7.87. The van der Waals surface area contributed by atoms with Crippen molar-refractivity contribution >= 4 is 11.7 Å². The molecule has 0 N–H and O–H groups in total. The van der Waals surface area contributed by atoms with Crippen LogP contribution in [0.25, 0.3) is 0 Å². The molecular weight excluding hydrogens is 311 g/mol. The summed E-state index contributed by atoms with van der Waals surface area (Å²) >= 11 is 0. The van der Waals surface area contributed by atoms with Crippen molar-refractivity contribution in [1.29, 1.82) is 0 Å². The van der Waals surface area contributed by atoms with Crippen LogP contribution in [0, 0.1) is 5.82 Å². The van der Waals surface area contributed by atoms with Gasteiger partial charge in [-0.1, -0.05) is 0 Å². The zero-order chi connectivity index (χ0) is 17.1. The second-order valence-corrected chi connectivity index (χ2v) is 5.81. The Labute approximate surface area is 139 Å². The number of anilines is 1. The van der Waals surface area contributed by atoms with Crippen molar-refractivity contribution in [2.45, 2.75) is 6.42 Å². The summed E-state index contributed by atoms with van der Waals surface area (Å²) in [6.45, 7) is 2.24. The van der Waals surface area contributed by atoms with Crippen molar-refractivity contribution in [2.75, 3.05) is 31.1 Å². The van der Waals surface area contributed by atoms with Crippen molar-refractivity contribution in [3.63, 3.8) is 0 Å². The molecule has 6 nitrogen and oxygen atoms in total. The molecule has 1 fully saturated rings. The zero-order valence-electron chi connectivity index (χ0n) is 13.5. The van der Waals surface area contributed by atoms with E-state index in [1.165, 1.54) is 16.7 Å². The predicted molar refractivity (Wildman–Crippen MR) is 88.6 cm³/mol. The van der Waals surface area contributed by atoms with E-state index in [0.29, 0.717) is 37.6 Å². The van der Waals surface area contributed by atoms with Gasteiger partial charge in [0, 0.05) is 51.7 Å². The summed E-state index contributed by atoms with van der Waals surface area (Å²) < 4.78 is 15.3. The lowest BCUT2D eigenvalue weighted by molar-refractivity contribution is 0.0766. The van der Waals surface area contributed by atoms with Crippen LogP contribution in [0.1, 0.15) is 16.8 Å². The van der Waals surface area contributed by atoms with E-state index in [-0.39, 0.29) is 17.3 Å². The zero-order valence-corrected chi connectivity index (χ0v) is 13.5. The average molecular weight is 330 g/mol. The summed E-state index contributed by atoms with van der Waals surface area (Å²) in [5.41, 5.74) is 0.328. The normalized spacial score (nSPS) is 15.2. The first-order valence-electron chi connectivity index (χ1n) is 7.87. The molecule has 0 aliphatic carbocycles. The molecule has 0 bridgehead atoms. The van der Waals surface area contributed by atoms with Gasteiger partial charge in [0.05, 0.1) is 5.56 Å². The number of amides is 1. The van der Waals surface area contributed by atoms with E-state index < -0.39 is 0 Å². The van der Waals surface area contributed by atoms with Crippen molar-refractivity contribution in [3.05, 3.63) is 58.4 Å². The standard InChI is InChI=1S/C17H19FN4O2/c1-20-12-13(5-6-15(20)23)17(24)22-9-3-8-21(10-11-22)16-14(18)4-2-7-19-16/h2,4-7,12H,3,8-11H2,1H3. The maximum Gasteiger partial charge on any atom is 0.255 e. The van der Waals surface area contributed by atoms with Crippen molar-refractivity contribution < 1.29 is 9.18 Å². The number of carbonyl (C=O) groups is 1. The minimum Gasteiger partial charge on any atom is -0.352 e. The topological polar surface area (TPSA) is 58.4 Å². The first-order chi connectivity index (χ1) is 11.6. The number of rotatable bonds is 2. The second-order valence-electron chi connectivity index (χ2n) is 5.81. The number of aromatic nitrogens is 2. The van der Waals surface area contributed by atoms with Crippen LogP contribution < -0.4 is 10.5 Å². The van der Waals surface area contributed by atoms with Crippen LogP contribution in [-0.4, -0.2) is 46.5 Å². The largest absolute Gasteiger partial charge is 0.352 e. The Kier molecular flexibility index (Phi) is 4.59. The van der Waals surface area contributed by atoms with Crippen molar-refractivity contribution in [3.8, 4) is 0 Å². The van der Waals surface area contributed by atoms with Gasteiger partial charge >= 0.3 is 0 Å². The van der Waals surface area contributed by atoms with Crippen LogP contribution in [0.2, 0.25) is 0 Å². The number of nitrogens with zero attached hydrogens (tertiary/aromatic N) is 4. The Morgan fingerprint density at radius 3 is 2.75 bits per heavy atom. The summed E-state index contributed by atoms with van der Waals surface area (Å²) in [4.78, 5) is 31.8. The van der Waals surface area contributed by atoms with Gasteiger partial charge in [-0.15, -0.1) is 0 Å². The minimum absolute atomic E-state index is 0.117. The molecule has 1 aliphatic heterocycles. The van der Waals surface area contributed by atoms with Gasteiger partial charge < -0.3 is 14.4 Å². The maximum absolute atomic E-state index is 13.9. The molecule has 2 aromatic rings. The molecule has 0 atom stereocenters. The monoisotopic (exact) mass is 330 g/mol. The second kappa shape index (κ2) is 6.82. The van der Waals surface area contributed by atoms with Gasteiger partial charge in [0.1, 0.15) is 0 Å². The summed E-state index contributed by atoms with van der Waals surface area (Å²) in [6.07, 6.45) is 3.84. The average Bonchev–Trinajstić information content (AvgIpc) is 2.83. The van der Waals surface area contributed by atoms with Crippen LogP contribution in [0.15, 0.2) is 41.5 Å².